The van der Waals surface area contributed by atoms with Crippen molar-refractivity contribution < 1.29 is 29.4 Å². The van der Waals surface area contributed by atoms with Crippen LogP contribution in [0.25, 0.3) is 0 Å². The second-order valence-electron chi connectivity index (χ2n) is 4.71. The highest BCUT2D eigenvalue weighted by atomic mass is 33.1. The number of rotatable bonds is 9. The predicted molar refractivity (Wildman–Crippen MR) is 98.5 cm³/mol. The molecule has 26 heavy (non-hydrogen) atoms. The van der Waals surface area contributed by atoms with Gasteiger partial charge in [-0.25, -0.2) is 4.79 Å². The van der Waals surface area contributed by atoms with Crippen LogP contribution in [0.2, 0.25) is 0 Å². The minimum absolute atomic E-state index is 0.145. The average Bonchev–Trinajstić information content (AvgIpc) is 2.58. The first-order valence-electron chi connectivity index (χ1n) is 7.07. The number of nitrogens with zero attached hydrogens (tertiary/aromatic N) is 1. The molecule has 7 N–H and O–H groups in total. The van der Waals surface area contributed by atoms with Crippen LogP contribution in [0.15, 0.2) is 24.5 Å². The summed E-state index contributed by atoms with van der Waals surface area (Å²) >= 11 is 0. The van der Waals surface area contributed by atoms with Gasteiger partial charge in [0.1, 0.15) is 12.1 Å². The molecule has 1 aromatic heterocycles. The van der Waals surface area contributed by atoms with Gasteiger partial charge in [-0.05, 0) is 12.1 Å². The summed E-state index contributed by atoms with van der Waals surface area (Å²) in [7, 11) is 2.31. The van der Waals surface area contributed by atoms with Crippen LogP contribution in [0.3, 0.4) is 0 Å². The van der Waals surface area contributed by atoms with Gasteiger partial charge >= 0.3 is 11.9 Å². The molecule has 0 fully saturated rings. The fraction of sp³-hybridized carbons (Fsp3) is 0.357. The van der Waals surface area contributed by atoms with E-state index >= 15 is 0 Å². The highest BCUT2D eigenvalue weighted by Crippen LogP contribution is 2.22. The molecule has 2 atom stereocenters. The zero-order valence-electron chi connectivity index (χ0n) is 13.8. The molecule has 0 aliphatic heterocycles. The van der Waals surface area contributed by atoms with Gasteiger partial charge in [0, 0.05) is 30.8 Å². The van der Waals surface area contributed by atoms with Gasteiger partial charge in [0.05, 0.1) is 5.56 Å². The van der Waals surface area contributed by atoms with Crippen molar-refractivity contribution in [3.8, 4) is 0 Å². The lowest BCUT2D eigenvalue weighted by molar-refractivity contribution is -0.140. The molecule has 0 aliphatic carbocycles. The molecule has 1 aromatic rings. The van der Waals surface area contributed by atoms with E-state index in [1.54, 1.807) is 18.3 Å². The summed E-state index contributed by atoms with van der Waals surface area (Å²) in [6.45, 7) is 1.23. The Balaban J connectivity index is 0.000000577. The first-order chi connectivity index (χ1) is 12.1. The molecule has 2 amide bonds. The van der Waals surface area contributed by atoms with Gasteiger partial charge < -0.3 is 27.0 Å². The Labute approximate surface area is 157 Å². The quantitative estimate of drug-likeness (QED) is 0.266. The van der Waals surface area contributed by atoms with Crippen LogP contribution in [-0.2, 0) is 14.4 Å². The number of primary amides is 1. The van der Waals surface area contributed by atoms with Gasteiger partial charge in [0.15, 0.2) is 0 Å². The lowest BCUT2D eigenvalue weighted by Gasteiger charge is -2.12. The van der Waals surface area contributed by atoms with E-state index in [0.717, 1.165) is 21.6 Å². The number of carbonyl (C=O) groups is 4. The van der Waals surface area contributed by atoms with Crippen LogP contribution in [-0.4, -0.2) is 62.5 Å². The third-order valence-electron chi connectivity index (χ3n) is 2.50. The zero-order valence-corrected chi connectivity index (χ0v) is 15.5. The standard InChI is InChI=1S/C8H14N2O5S2.C6H6N2O/c1-4(11)10-6(8(14)15)3-17-16-2-5(9)7(12)13;7-6(9)5-2-1-3-8-4-5/h5-6H,2-3,9H2,1H3,(H,10,11)(H,12,13)(H,14,15);1-4H,(H2,7,9). The molecule has 0 radical (unpaired) electrons. The maximum Gasteiger partial charge on any atom is 0.327 e. The number of hydrogen-bond donors (Lipinski definition) is 5. The third-order valence-corrected chi connectivity index (χ3v) is 4.95. The van der Waals surface area contributed by atoms with E-state index < -0.39 is 35.8 Å². The summed E-state index contributed by atoms with van der Waals surface area (Å²) in [5.41, 5.74) is 10.6. The maximum absolute atomic E-state index is 10.7. The van der Waals surface area contributed by atoms with E-state index in [1.807, 2.05) is 0 Å². The lowest BCUT2D eigenvalue weighted by Crippen LogP contribution is -2.41. The van der Waals surface area contributed by atoms with Crippen molar-refractivity contribution >= 4 is 45.3 Å². The number of hydrogen-bond acceptors (Lipinski definition) is 8. The molecule has 0 saturated carbocycles. The predicted octanol–water partition coefficient (Wildman–Crippen LogP) is -0.450. The van der Waals surface area contributed by atoms with Crippen LogP contribution in [0, 0.1) is 0 Å². The number of aromatic nitrogens is 1. The molecular formula is C14H20N4O6S2. The highest BCUT2D eigenvalue weighted by molar-refractivity contribution is 8.76. The molecule has 1 rings (SSSR count). The first-order valence-corrected chi connectivity index (χ1v) is 9.56. The molecule has 0 aliphatic rings. The molecule has 144 valence electrons. The van der Waals surface area contributed by atoms with Gasteiger partial charge in [0.2, 0.25) is 11.8 Å². The monoisotopic (exact) mass is 404 g/mol. The summed E-state index contributed by atoms with van der Waals surface area (Å²) in [5.74, 6) is -2.78. The zero-order chi connectivity index (χ0) is 20.1. The summed E-state index contributed by atoms with van der Waals surface area (Å²) in [5, 5.41) is 19.5. The number of carbonyl (C=O) groups excluding carboxylic acids is 2. The molecule has 0 spiro atoms. The number of pyridine rings is 1. The van der Waals surface area contributed by atoms with E-state index in [1.165, 1.54) is 13.1 Å². The number of nitrogens with two attached hydrogens (primary N) is 2. The van der Waals surface area contributed by atoms with Gasteiger partial charge in [-0.15, -0.1) is 0 Å². The number of carboxylic acids is 2. The lowest BCUT2D eigenvalue weighted by atomic mass is 10.3. The molecule has 10 nitrogen and oxygen atoms in total. The number of carboxylic acid groups (broad SMARTS) is 2. The molecule has 12 heteroatoms. The van der Waals surface area contributed by atoms with Crippen molar-refractivity contribution in [1.29, 1.82) is 0 Å². The van der Waals surface area contributed by atoms with Gasteiger partial charge in [-0.3, -0.25) is 19.4 Å². The Morgan fingerprint density at radius 1 is 1.19 bits per heavy atom. The SMILES string of the molecule is CC(=O)NC(CSSCC(N)C(=O)O)C(=O)O.NC(=O)c1cccnc1. The van der Waals surface area contributed by atoms with Crippen molar-refractivity contribution in [2.75, 3.05) is 11.5 Å². The summed E-state index contributed by atoms with van der Waals surface area (Å²) in [4.78, 5) is 45.9. The Morgan fingerprint density at radius 3 is 2.19 bits per heavy atom. The summed E-state index contributed by atoms with van der Waals surface area (Å²) in [6, 6.07) is 1.33. The van der Waals surface area contributed by atoms with E-state index in [2.05, 4.69) is 10.3 Å². The third kappa shape index (κ3) is 11.3. The maximum atomic E-state index is 10.7. The molecule has 0 saturated heterocycles. The molecule has 1 heterocycles. The Morgan fingerprint density at radius 2 is 1.81 bits per heavy atom. The second kappa shape index (κ2) is 13.0. The topological polar surface area (TPSA) is 186 Å². The van der Waals surface area contributed by atoms with Crippen LogP contribution in [0.5, 0.6) is 0 Å². The Bertz CT molecular complexity index is 617. The number of nitrogens with one attached hydrogen (secondary N) is 1. The van der Waals surface area contributed by atoms with Gasteiger partial charge in [-0.2, -0.15) is 0 Å². The molecule has 2 unspecified atom stereocenters. The summed E-state index contributed by atoms with van der Waals surface area (Å²) in [6.07, 6.45) is 3.02. The van der Waals surface area contributed by atoms with Crippen molar-refractivity contribution in [1.82, 2.24) is 10.3 Å². The minimum Gasteiger partial charge on any atom is -0.480 e. The van der Waals surface area contributed by atoms with Crippen LogP contribution >= 0.6 is 21.6 Å². The average molecular weight is 404 g/mol. The van der Waals surface area contributed by atoms with Crippen molar-refractivity contribution in [3.05, 3.63) is 30.1 Å². The van der Waals surface area contributed by atoms with E-state index in [-0.39, 0.29) is 11.5 Å². The molecule has 0 bridgehead atoms. The van der Waals surface area contributed by atoms with Crippen LogP contribution < -0.4 is 16.8 Å². The number of aliphatic carboxylic acids is 2. The van der Waals surface area contributed by atoms with E-state index in [4.69, 9.17) is 21.7 Å². The fourth-order valence-electron chi connectivity index (χ4n) is 1.24. The smallest absolute Gasteiger partial charge is 0.327 e. The van der Waals surface area contributed by atoms with Crippen LogP contribution in [0.1, 0.15) is 17.3 Å². The van der Waals surface area contributed by atoms with E-state index in [9.17, 15) is 19.2 Å². The number of amides is 2. The van der Waals surface area contributed by atoms with Crippen molar-refractivity contribution in [2.24, 2.45) is 11.5 Å². The van der Waals surface area contributed by atoms with Gasteiger partial charge in [0.25, 0.3) is 0 Å². The first kappa shape index (κ1) is 23.7. The molecular weight excluding hydrogens is 384 g/mol. The minimum atomic E-state index is -1.13. The van der Waals surface area contributed by atoms with Crippen LogP contribution in [0.4, 0.5) is 0 Å². The van der Waals surface area contributed by atoms with Crippen molar-refractivity contribution in [3.63, 3.8) is 0 Å². The normalized spacial score (nSPS) is 12.1. The fourth-order valence-corrected chi connectivity index (χ4v) is 3.51. The highest BCUT2D eigenvalue weighted by Gasteiger charge is 2.19. The Kier molecular flexibility index (Phi) is 11.8. The molecule has 0 aromatic carbocycles. The Hall–Kier alpha value is -2.31. The largest absolute Gasteiger partial charge is 0.480 e. The van der Waals surface area contributed by atoms with Crippen molar-refractivity contribution in [2.45, 2.75) is 19.0 Å². The second-order valence-corrected chi connectivity index (χ2v) is 7.26. The van der Waals surface area contributed by atoms with Gasteiger partial charge in [-0.1, -0.05) is 21.6 Å². The summed E-state index contributed by atoms with van der Waals surface area (Å²) < 4.78 is 0. The van der Waals surface area contributed by atoms with E-state index in [0.29, 0.717) is 5.56 Å².